The van der Waals surface area contributed by atoms with Crippen molar-refractivity contribution in [2.24, 2.45) is 0 Å². The highest BCUT2D eigenvalue weighted by Gasteiger charge is 2.06. The topological polar surface area (TPSA) is 67.0 Å². The number of methoxy groups -OCH3 is 1. The highest BCUT2D eigenvalue weighted by Crippen LogP contribution is 2.20. The van der Waals surface area contributed by atoms with E-state index in [-0.39, 0.29) is 10.6 Å². The van der Waals surface area contributed by atoms with Crippen LogP contribution in [0.3, 0.4) is 0 Å². The first-order valence-electron chi connectivity index (χ1n) is 5.29. The molecular formula is C12H12ClN3O2. The predicted molar refractivity (Wildman–Crippen MR) is 70.3 cm³/mol. The number of aromatic amines is 1. The van der Waals surface area contributed by atoms with Gasteiger partial charge in [-0.25, -0.2) is 4.98 Å². The van der Waals surface area contributed by atoms with Gasteiger partial charge in [0.05, 0.1) is 12.9 Å². The molecule has 0 saturated carbocycles. The Morgan fingerprint density at radius 2 is 2.33 bits per heavy atom. The highest BCUT2D eigenvalue weighted by molar-refractivity contribution is 6.32. The molecule has 0 spiro atoms. The monoisotopic (exact) mass is 265 g/mol. The molecule has 0 aliphatic carbocycles. The second-order valence-electron chi connectivity index (χ2n) is 3.65. The molecule has 0 aliphatic rings. The summed E-state index contributed by atoms with van der Waals surface area (Å²) in [6, 6.07) is 7.60. The van der Waals surface area contributed by atoms with Gasteiger partial charge in [-0.05, 0) is 17.7 Å². The van der Waals surface area contributed by atoms with Gasteiger partial charge in [-0.2, -0.15) is 0 Å². The Balaban J connectivity index is 2.25. The molecule has 5 nitrogen and oxygen atoms in total. The minimum absolute atomic E-state index is 0.0367. The van der Waals surface area contributed by atoms with Crippen molar-refractivity contribution in [3.05, 3.63) is 51.5 Å². The third kappa shape index (κ3) is 2.88. The summed E-state index contributed by atoms with van der Waals surface area (Å²) in [5, 5.41) is 3.03. The second kappa shape index (κ2) is 5.66. The van der Waals surface area contributed by atoms with Gasteiger partial charge in [-0.1, -0.05) is 23.7 Å². The van der Waals surface area contributed by atoms with Crippen molar-refractivity contribution in [1.29, 1.82) is 0 Å². The summed E-state index contributed by atoms with van der Waals surface area (Å²) in [5.74, 6) is 0.329. The summed E-state index contributed by atoms with van der Waals surface area (Å²) >= 11 is 5.85. The molecule has 0 unspecified atom stereocenters. The molecule has 0 aliphatic heterocycles. The van der Waals surface area contributed by atoms with Gasteiger partial charge in [0.25, 0.3) is 5.56 Å². The summed E-state index contributed by atoms with van der Waals surface area (Å²) in [5.41, 5.74) is 1.44. The average molecular weight is 266 g/mol. The third-order valence-electron chi connectivity index (χ3n) is 2.30. The smallest absolute Gasteiger partial charge is 0.271 e. The number of hydrogen-bond donors (Lipinski definition) is 2. The fraction of sp³-hybridized carbons (Fsp3) is 0.167. The van der Waals surface area contributed by atoms with E-state index in [0.717, 1.165) is 11.3 Å². The van der Waals surface area contributed by atoms with Crippen LogP contribution in [0, 0.1) is 0 Å². The van der Waals surface area contributed by atoms with Gasteiger partial charge in [0.1, 0.15) is 5.02 Å². The fourth-order valence-electron chi connectivity index (χ4n) is 1.51. The van der Waals surface area contributed by atoms with Gasteiger partial charge in [-0.3, -0.25) is 4.79 Å². The lowest BCUT2D eigenvalue weighted by atomic mass is 10.2. The van der Waals surface area contributed by atoms with Gasteiger partial charge < -0.3 is 15.0 Å². The molecule has 1 aromatic heterocycles. The van der Waals surface area contributed by atoms with Gasteiger partial charge in [0.2, 0.25) is 0 Å². The molecule has 0 amide bonds. The minimum atomic E-state index is -0.373. The quantitative estimate of drug-likeness (QED) is 0.890. The van der Waals surface area contributed by atoms with Gasteiger partial charge in [-0.15, -0.1) is 0 Å². The predicted octanol–water partition coefficient (Wildman–Crippen LogP) is 2.31. The number of nitrogens with zero attached hydrogens (tertiary/aromatic N) is 1. The lowest BCUT2D eigenvalue weighted by Gasteiger charge is -2.08. The second-order valence-corrected chi connectivity index (χ2v) is 4.03. The number of anilines is 2. The van der Waals surface area contributed by atoms with Crippen molar-refractivity contribution >= 4 is 23.1 Å². The lowest BCUT2D eigenvalue weighted by Crippen LogP contribution is -2.09. The number of ether oxygens (including phenoxy) is 1. The Bertz CT molecular complexity index is 598. The van der Waals surface area contributed by atoms with E-state index >= 15 is 0 Å². The Hall–Kier alpha value is -1.85. The van der Waals surface area contributed by atoms with E-state index in [2.05, 4.69) is 15.3 Å². The summed E-state index contributed by atoms with van der Waals surface area (Å²) < 4.78 is 5.05. The maximum Gasteiger partial charge on any atom is 0.271 e. The molecule has 18 heavy (non-hydrogen) atoms. The molecule has 1 aromatic carbocycles. The van der Waals surface area contributed by atoms with Crippen LogP contribution in [0.25, 0.3) is 0 Å². The van der Waals surface area contributed by atoms with Crippen molar-refractivity contribution in [1.82, 2.24) is 9.97 Å². The van der Waals surface area contributed by atoms with Crippen LogP contribution in [0.2, 0.25) is 5.02 Å². The maximum absolute atomic E-state index is 11.3. The number of hydrogen-bond acceptors (Lipinski definition) is 4. The number of halogens is 1. The molecule has 1 heterocycles. The summed E-state index contributed by atoms with van der Waals surface area (Å²) in [7, 11) is 1.63. The number of aromatic nitrogens is 2. The van der Waals surface area contributed by atoms with Crippen molar-refractivity contribution in [3.63, 3.8) is 0 Å². The highest BCUT2D eigenvalue weighted by atomic mass is 35.5. The fourth-order valence-corrected chi connectivity index (χ4v) is 1.66. The van der Waals surface area contributed by atoms with E-state index in [4.69, 9.17) is 16.3 Å². The molecule has 94 valence electrons. The zero-order chi connectivity index (χ0) is 13.0. The molecule has 0 fully saturated rings. The first-order chi connectivity index (χ1) is 8.70. The van der Waals surface area contributed by atoms with E-state index in [1.54, 1.807) is 7.11 Å². The normalized spacial score (nSPS) is 10.3. The molecule has 0 saturated heterocycles. The molecule has 0 radical (unpaired) electrons. The van der Waals surface area contributed by atoms with Gasteiger partial charge in [0.15, 0.2) is 5.82 Å². The van der Waals surface area contributed by atoms with Crippen LogP contribution < -0.4 is 10.9 Å². The van der Waals surface area contributed by atoms with Crippen LogP contribution in [0.1, 0.15) is 5.56 Å². The van der Waals surface area contributed by atoms with Crippen LogP contribution in [-0.2, 0) is 11.3 Å². The van der Waals surface area contributed by atoms with E-state index in [1.807, 2.05) is 24.3 Å². The molecule has 0 bridgehead atoms. The Morgan fingerprint density at radius 1 is 1.50 bits per heavy atom. The van der Waals surface area contributed by atoms with Crippen LogP contribution >= 0.6 is 11.6 Å². The number of benzene rings is 1. The van der Waals surface area contributed by atoms with Crippen LogP contribution in [0.4, 0.5) is 11.5 Å². The van der Waals surface area contributed by atoms with E-state index < -0.39 is 0 Å². The van der Waals surface area contributed by atoms with Crippen LogP contribution in [0.15, 0.2) is 35.4 Å². The Morgan fingerprint density at radius 3 is 3.11 bits per heavy atom. The van der Waals surface area contributed by atoms with Gasteiger partial charge >= 0.3 is 0 Å². The number of H-pyrrole nitrogens is 1. The maximum atomic E-state index is 11.3. The van der Waals surface area contributed by atoms with E-state index in [1.165, 1.54) is 6.33 Å². The van der Waals surface area contributed by atoms with E-state index in [9.17, 15) is 4.79 Å². The minimum Gasteiger partial charge on any atom is -0.380 e. The first-order valence-corrected chi connectivity index (χ1v) is 5.66. The van der Waals surface area contributed by atoms with Crippen LogP contribution in [-0.4, -0.2) is 17.1 Å². The molecule has 2 N–H and O–H groups in total. The SMILES string of the molecule is COCc1cccc(Nc2nc[nH]c(=O)c2Cl)c1. The third-order valence-corrected chi connectivity index (χ3v) is 2.65. The molecular weight excluding hydrogens is 254 g/mol. The van der Waals surface area contributed by atoms with E-state index in [0.29, 0.717) is 12.4 Å². The lowest BCUT2D eigenvalue weighted by molar-refractivity contribution is 0.185. The molecule has 6 heteroatoms. The van der Waals surface area contributed by atoms with Gasteiger partial charge in [0, 0.05) is 12.8 Å². The zero-order valence-electron chi connectivity index (χ0n) is 9.74. The van der Waals surface area contributed by atoms with Crippen LogP contribution in [0.5, 0.6) is 0 Å². The number of rotatable bonds is 4. The summed E-state index contributed by atoms with van der Waals surface area (Å²) in [6.07, 6.45) is 1.30. The molecule has 2 aromatic rings. The Kier molecular flexibility index (Phi) is 3.96. The largest absolute Gasteiger partial charge is 0.380 e. The number of nitrogens with one attached hydrogen (secondary N) is 2. The summed E-state index contributed by atoms with van der Waals surface area (Å²) in [6.45, 7) is 0.520. The average Bonchev–Trinajstić information content (AvgIpc) is 2.36. The Labute approximate surface area is 109 Å². The summed E-state index contributed by atoms with van der Waals surface area (Å²) in [4.78, 5) is 17.7. The molecule has 0 atom stereocenters. The first kappa shape index (κ1) is 12.6. The standard InChI is InChI=1S/C12H12ClN3O2/c1-18-6-8-3-2-4-9(5-8)16-11-10(13)12(17)15-7-14-11/h2-5,7H,6H2,1H3,(H2,14,15,16,17). The molecule has 2 rings (SSSR count). The van der Waals surface area contributed by atoms with Crippen molar-refractivity contribution in [2.45, 2.75) is 6.61 Å². The zero-order valence-corrected chi connectivity index (χ0v) is 10.5. The van der Waals surface area contributed by atoms with Crippen molar-refractivity contribution in [2.75, 3.05) is 12.4 Å². The van der Waals surface area contributed by atoms with Crippen molar-refractivity contribution in [3.8, 4) is 0 Å². The van der Waals surface area contributed by atoms with Crippen molar-refractivity contribution < 1.29 is 4.74 Å².